The molecule has 2 aromatic rings. The molecule has 0 aliphatic carbocycles. The van der Waals surface area contributed by atoms with Crippen LogP contribution in [0.3, 0.4) is 0 Å². The van der Waals surface area contributed by atoms with Crippen molar-refractivity contribution < 1.29 is 14.4 Å². The molecular weight excluding hydrogens is 370 g/mol. The van der Waals surface area contributed by atoms with Crippen LogP contribution < -0.4 is 5.32 Å². The van der Waals surface area contributed by atoms with Crippen molar-refractivity contribution in [3.05, 3.63) is 47.0 Å². The van der Waals surface area contributed by atoms with Gasteiger partial charge in [0.15, 0.2) is 5.82 Å². The maximum atomic E-state index is 13.1. The maximum absolute atomic E-state index is 13.1. The first-order valence-electron chi connectivity index (χ1n) is 10.0. The zero-order chi connectivity index (χ0) is 20.4. The number of rotatable bonds is 4. The van der Waals surface area contributed by atoms with Gasteiger partial charge in [-0.2, -0.15) is 0 Å². The number of amides is 3. The van der Waals surface area contributed by atoms with Gasteiger partial charge in [-0.05, 0) is 43.9 Å². The number of anilines is 1. The number of carbonyl (C=O) groups excluding carboxylic acids is 3. The van der Waals surface area contributed by atoms with Gasteiger partial charge in [-0.1, -0.05) is 12.1 Å². The topological polar surface area (TPSA) is 87.5 Å². The summed E-state index contributed by atoms with van der Waals surface area (Å²) >= 11 is 0. The average molecular weight is 395 g/mol. The predicted molar refractivity (Wildman–Crippen MR) is 108 cm³/mol. The highest BCUT2D eigenvalue weighted by Crippen LogP contribution is 2.23. The molecule has 29 heavy (non-hydrogen) atoms. The minimum atomic E-state index is -0.302. The molecular formula is C21H25N5O3. The largest absolute Gasteiger partial charge is 0.342 e. The number of piperazine rings is 1. The molecule has 1 saturated heterocycles. The number of nitrogens with zero attached hydrogens (tertiary/aromatic N) is 4. The van der Waals surface area contributed by atoms with Crippen LogP contribution in [0.25, 0.3) is 0 Å². The quantitative estimate of drug-likeness (QED) is 0.798. The van der Waals surface area contributed by atoms with Crippen LogP contribution in [0, 0.1) is 6.92 Å². The number of aryl methyl sites for hydroxylation is 1. The predicted octanol–water partition coefficient (Wildman–Crippen LogP) is 1.69. The number of hydrogen-bond donors (Lipinski definition) is 1. The van der Waals surface area contributed by atoms with E-state index in [1.165, 1.54) is 0 Å². The van der Waals surface area contributed by atoms with Crippen molar-refractivity contribution in [2.45, 2.75) is 32.7 Å². The highest BCUT2D eigenvalue weighted by atomic mass is 16.2. The third kappa shape index (κ3) is 3.87. The van der Waals surface area contributed by atoms with Gasteiger partial charge in [0.1, 0.15) is 5.69 Å². The van der Waals surface area contributed by atoms with E-state index in [1.807, 2.05) is 35.8 Å². The summed E-state index contributed by atoms with van der Waals surface area (Å²) in [5.41, 5.74) is 2.98. The Morgan fingerprint density at radius 1 is 1.10 bits per heavy atom. The molecule has 1 aromatic heterocycles. The molecule has 0 atom stereocenters. The van der Waals surface area contributed by atoms with E-state index >= 15 is 0 Å². The number of aromatic nitrogens is 2. The summed E-state index contributed by atoms with van der Waals surface area (Å²) < 4.78 is 1.89. The maximum Gasteiger partial charge on any atom is 0.291 e. The highest BCUT2D eigenvalue weighted by molar-refractivity contribution is 6.03. The van der Waals surface area contributed by atoms with Crippen LogP contribution in [0.4, 0.5) is 5.69 Å². The molecule has 1 N–H and O–H groups in total. The van der Waals surface area contributed by atoms with Crippen LogP contribution in [0.5, 0.6) is 0 Å². The van der Waals surface area contributed by atoms with E-state index < -0.39 is 0 Å². The zero-order valence-electron chi connectivity index (χ0n) is 16.6. The highest BCUT2D eigenvalue weighted by Gasteiger charge is 2.31. The fraction of sp³-hybridized carbons (Fsp3) is 0.429. The van der Waals surface area contributed by atoms with Gasteiger partial charge in [-0.3, -0.25) is 14.4 Å². The Hall–Kier alpha value is -3.16. The van der Waals surface area contributed by atoms with Crippen molar-refractivity contribution in [2.75, 3.05) is 31.5 Å². The summed E-state index contributed by atoms with van der Waals surface area (Å²) in [5, 5.41) is 2.90. The SMILES string of the molecule is Cc1cccc(NC(=O)c2nc(C(=O)N3CCN(C=O)CC3)c3n2CCCC3)c1. The van der Waals surface area contributed by atoms with Crippen LogP contribution in [-0.4, -0.2) is 63.8 Å². The second-order valence-corrected chi connectivity index (χ2v) is 7.60. The van der Waals surface area contributed by atoms with Gasteiger partial charge >= 0.3 is 0 Å². The van der Waals surface area contributed by atoms with Gasteiger partial charge in [-0.25, -0.2) is 4.98 Å². The number of carbonyl (C=O) groups is 3. The van der Waals surface area contributed by atoms with E-state index in [4.69, 9.17) is 0 Å². The summed E-state index contributed by atoms with van der Waals surface area (Å²) in [7, 11) is 0. The van der Waals surface area contributed by atoms with Gasteiger partial charge in [0.2, 0.25) is 6.41 Å². The Bertz CT molecular complexity index is 944. The van der Waals surface area contributed by atoms with Crippen LogP contribution >= 0.6 is 0 Å². The molecule has 4 rings (SSSR count). The number of hydrogen-bond acceptors (Lipinski definition) is 4. The Kier molecular flexibility index (Phi) is 5.33. The summed E-state index contributed by atoms with van der Waals surface area (Å²) in [6, 6.07) is 7.59. The molecule has 2 aliphatic rings. The monoisotopic (exact) mass is 395 g/mol. The van der Waals surface area contributed by atoms with E-state index in [0.29, 0.717) is 44.1 Å². The summed E-state index contributed by atoms with van der Waals surface area (Å²) in [6.07, 6.45) is 3.48. The average Bonchev–Trinajstić information content (AvgIpc) is 3.13. The minimum absolute atomic E-state index is 0.157. The fourth-order valence-corrected chi connectivity index (χ4v) is 3.98. The van der Waals surface area contributed by atoms with E-state index in [2.05, 4.69) is 10.3 Å². The summed E-state index contributed by atoms with van der Waals surface area (Å²) in [4.78, 5) is 44.8. The molecule has 0 radical (unpaired) electrons. The Labute approximate surface area is 169 Å². The van der Waals surface area contributed by atoms with E-state index in [0.717, 1.165) is 36.9 Å². The second kappa shape index (κ2) is 8.06. The van der Waals surface area contributed by atoms with Crippen molar-refractivity contribution in [2.24, 2.45) is 0 Å². The second-order valence-electron chi connectivity index (χ2n) is 7.60. The van der Waals surface area contributed by atoms with Crippen LogP contribution in [0.15, 0.2) is 24.3 Å². The van der Waals surface area contributed by atoms with Crippen molar-refractivity contribution in [1.29, 1.82) is 0 Å². The lowest BCUT2D eigenvalue weighted by molar-refractivity contribution is -0.119. The van der Waals surface area contributed by atoms with Gasteiger partial charge < -0.3 is 19.7 Å². The molecule has 1 fully saturated rings. The number of nitrogens with one attached hydrogen (secondary N) is 1. The molecule has 3 heterocycles. The molecule has 8 nitrogen and oxygen atoms in total. The Morgan fingerprint density at radius 2 is 1.90 bits per heavy atom. The van der Waals surface area contributed by atoms with Crippen molar-refractivity contribution in [3.8, 4) is 0 Å². The molecule has 0 bridgehead atoms. The van der Waals surface area contributed by atoms with E-state index in [1.54, 1.807) is 9.80 Å². The lowest BCUT2D eigenvalue weighted by atomic mass is 10.1. The first kappa shape index (κ1) is 19.2. The van der Waals surface area contributed by atoms with Gasteiger partial charge in [-0.15, -0.1) is 0 Å². The number of imidazole rings is 1. The fourth-order valence-electron chi connectivity index (χ4n) is 3.98. The van der Waals surface area contributed by atoms with Gasteiger partial charge in [0.25, 0.3) is 11.8 Å². The smallest absolute Gasteiger partial charge is 0.291 e. The lowest BCUT2D eigenvalue weighted by Crippen LogP contribution is -2.48. The third-order valence-corrected chi connectivity index (χ3v) is 5.55. The van der Waals surface area contributed by atoms with Gasteiger partial charge in [0, 0.05) is 38.4 Å². The van der Waals surface area contributed by atoms with Crippen molar-refractivity contribution in [3.63, 3.8) is 0 Å². The third-order valence-electron chi connectivity index (χ3n) is 5.55. The minimum Gasteiger partial charge on any atom is -0.342 e. The molecule has 0 saturated carbocycles. The lowest BCUT2D eigenvalue weighted by Gasteiger charge is -2.32. The molecule has 2 aliphatic heterocycles. The molecule has 3 amide bonds. The molecule has 0 spiro atoms. The molecule has 0 unspecified atom stereocenters. The van der Waals surface area contributed by atoms with Crippen LogP contribution in [0.2, 0.25) is 0 Å². The number of benzene rings is 1. The zero-order valence-corrected chi connectivity index (χ0v) is 16.6. The Morgan fingerprint density at radius 3 is 2.62 bits per heavy atom. The van der Waals surface area contributed by atoms with Crippen LogP contribution in [0.1, 0.15) is 45.2 Å². The van der Waals surface area contributed by atoms with Crippen molar-refractivity contribution in [1.82, 2.24) is 19.4 Å². The van der Waals surface area contributed by atoms with E-state index in [-0.39, 0.29) is 17.6 Å². The number of fused-ring (bicyclic) bond motifs is 1. The molecule has 8 heteroatoms. The van der Waals surface area contributed by atoms with Gasteiger partial charge in [0.05, 0.1) is 5.69 Å². The first-order chi connectivity index (χ1) is 14.1. The molecule has 152 valence electrons. The van der Waals surface area contributed by atoms with E-state index in [9.17, 15) is 14.4 Å². The first-order valence-corrected chi connectivity index (χ1v) is 10.0. The van der Waals surface area contributed by atoms with Crippen LogP contribution in [-0.2, 0) is 17.8 Å². The standard InChI is InChI=1S/C21H25N5O3/c1-15-5-4-6-16(13-15)22-20(28)19-23-18(17-7-2-3-8-26(17)19)21(29)25-11-9-24(14-27)10-12-25/h4-6,13-14H,2-3,7-12H2,1H3,(H,22,28). The molecule has 1 aromatic carbocycles. The summed E-state index contributed by atoms with van der Waals surface area (Å²) in [5.74, 6) is -0.171. The normalized spacial score (nSPS) is 16.3. The van der Waals surface area contributed by atoms with Crippen molar-refractivity contribution >= 4 is 23.9 Å². The Balaban J connectivity index is 1.59. The summed E-state index contributed by atoms with van der Waals surface area (Å²) in [6.45, 7) is 4.65.